The predicted molar refractivity (Wildman–Crippen MR) is 85.3 cm³/mol. The summed E-state index contributed by atoms with van der Waals surface area (Å²) >= 11 is 0. The van der Waals surface area contributed by atoms with Gasteiger partial charge in [-0.3, -0.25) is 4.79 Å². The molecule has 6 nitrogen and oxygen atoms in total. The highest BCUT2D eigenvalue weighted by atomic mass is 16.5. The first-order valence-electron chi connectivity index (χ1n) is 7.91. The molecule has 1 aromatic rings. The van der Waals surface area contributed by atoms with Gasteiger partial charge in [-0.2, -0.15) is 0 Å². The second-order valence-electron chi connectivity index (χ2n) is 6.14. The Morgan fingerprint density at radius 1 is 1.17 bits per heavy atom. The monoisotopic (exact) mass is 323 g/mol. The summed E-state index contributed by atoms with van der Waals surface area (Å²) < 4.78 is 5.68. The zero-order valence-corrected chi connectivity index (χ0v) is 13.2. The van der Waals surface area contributed by atoms with E-state index in [-0.39, 0.29) is 25.1 Å². The molecule has 1 aliphatic carbocycles. The molecule has 0 radical (unpaired) electrons. The second kappa shape index (κ2) is 8.29. The van der Waals surface area contributed by atoms with Gasteiger partial charge < -0.3 is 25.0 Å². The highest BCUT2D eigenvalue weighted by Gasteiger charge is 2.67. The summed E-state index contributed by atoms with van der Waals surface area (Å²) in [5, 5.41) is 25.7. The highest BCUT2D eigenvalue weighted by molar-refractivity contribution is 5.32. The van der Waals surface area contributed by atoms with Crippen LogP contribution in [0.3, 0.4) is 0 Å². The van der Waals surface area contributed by atoms with Crippen LogP contribution in [0.5, 0.6) is 5.75 Å². The third-order valence-corrected chi connectivity index (χ3v) is 4.98. The summed E-state index contributed by atoms with van der Waals surface area (Å²) in [5.41, 5.74) is -0.170. The number of benzene rings is 1. The van der Waals surface area contributed by atoms with Crippen molar-refractivity contribution in [3.8, 4) is 5.75 Å². The number of carbonyl (C=O) groups is 1. The van der Waals surface area contributed by atoms with Gasteiger partial charge in [0.1, 0.15) is 5.75 Å². The van der Waals surface area contributed by atoms with Gasteiger partial charge in [0.15, 0.2) is 0 Å². The van der Waals surface area contributed by atoms with Crippen LogP contribution in [-0.4, -0.2) is 66.1 Å². The van der Waals surface area contributed by atoms with Gasteiger partial charge >= 0.3 is 0 Å². The standard InChI is InChI=1S/C16H23NO3.CH2O2/c18-11-16(12-19)14-9-17(10-15(14)16)7-4-8-20-13-5-2-1-3-6-13;2-1-3/h1-3,5-6,14-15,18-19H,4,7-12H2;1H,(H,2,3). The number of rotatable bonds is 7. The number of hydrogen-bond acceptors (Lipinski definition) is 5. The van der Waals surface area contributed by atoms with Crippen LogP contribution >= 0.6 is 0 Å². The van der Waals surface area contributed by atoms with E-state index >= 15 is 0 Å². The summed E-state index contributed by atoms with van der Waals surface area (Å²) in [6.07, 6.45) is 1.01. The molecule has 1 aromatic carbocycles. The first-order chi connectivity index (χ1) is 11.2. The summed E-state index contributed by atoms with van der Waals surface area (Å²) in [7, 11) is 0. The van der Waals surface area contributed by atoms with Crippen molar-refractivity contribution in [3.05, 3.63) is 30.3 Å². The Hall–Kier alpha value is -1.63. The molecule has 0 amide bonds. The van der Waals surface area contributed by atoms with Crippen LogP contribution in [0.2, 0.25) is 0 Å². The van der Waals surface area contributed by atoms with E-state index in [0.717, 1.165) is 38.4 Å². The lowest BCUT2D eigenvalue weighted by Gasteiger charge is -2.23. The molecule has 0 aromatic heterocycles. The fourth-order valence-electron chi connectivity index (χ4n) is 3.62. The van der Waals surface area contributed by atoms with Crippen molar-refractivity contribution < 1.29 is 24.9 Å². The highest BCUT2D eigenvalue weighted by Crippen LogP contribution is 2.61. The minimum absolute atomic E-state index is 0.129. The van der Waals surface area contributed by atoms with Crippen molar-refractivity contribution in [2.45, 2.75) is 6.42 Å². The summed E-state index contributed by atoms with van der Waals surface area (Å²) in [5.74, 6) is 1.91. The number of likely N-dealkylation sites (tertiary alicyclic amines) is 1. The van der Waals surface area contributed by atoms with Gasteiger partial charge in [0.25, 0.3) is 6.47 Å². The molecular weight excluding hydrogens is 298 g/mol. The van der Waals surface area contributed by atoms with Gasteiger partial charge in [0.05, 0.1) is 19.8 Å². The summed E-state index contributed by atoms with van der Waals surface area (Å²) in [6.45, 7) is 3.80. The lowest BCUT2D eigenvalue weighted by atomic mass is 10.0. The fourth-order valence-corrected chi connectivity index (χ4v) is 3.62. The SMILES string of the molecule is O=CO.OCC1(CO)C2CN(CCCOc3ccccc3)CC21. The minimum Gasteiger partial charge on any atom is -0.494 e. The number of piperidine rings is 1. The average molecular weight is 323 g/mol. The topological polar surface area (TPSA) is 90.2 Å². The molecule has 0 bridgehead atoms. The van der Waals surface area contributed by atoms with E-state index in [1.807, 2.05) is 30.3 Å². The zero-order valence-electron chi connectivity index (χ0n) is 13.2. The Morgan fingerprint density at radius 3 is 2.26 bits per heavy atom. The first kappa shape index (κ1) is 17.7. The van der Waals surface area contributed by atoms with Gasteiger partial charge in [-0.15, -0.1) is 0 Å². The molecule has 0 spiro atoms. The minimum atomic E-state index is -0.250. The van der Waals surface area contributed by atoms with Gasteiger partial charge in [0.2, 0.25) is 0 Å². The van der Waals surface area contributed by atoms with Crippen LogP contribution in [0.4, 0.5) is 0 Å². The van der Waals surface area contributed by atoms with Gasteiger partial charge in [-0.1, -0.05) is 18.2 Å². The number of hydrogen-bond donors (Lipinski definition) is 3. The van der Waals surface area contributed by atoms with Crippen molar-refractivity contribution in [3.63, 3.8) is 0 Å². The van der Waals surface area contributed by atoms with Crippen molar-refractivity contribution in [2.75, 3.05) is 39.5 Å². The van der Waals surface area contributed by atoms with Gasteiger partial charge in [0, 0.05) is 25.0 Å². The number of para-hydroxylation sites is 1. The Labute approximate surface area is 136 Å². The number of aliphatic hydroxyl groups excluding tert-OH is 2. The van der Waals surface area contributed by atoms with Crippen molar-refractivity contribution in [2.24, 2.45) is 17.3 Å². The maximum atomic E-state index is 9.39. The molecule has 2 fully saturated rings. The lowest BCUT2D eigenvalue weighted by Crippen LogP contribution is -2.33. The summed E-state index contributed by atoms with van der Waals surface area (Å²) in [4.78, 5) is 10.8. The molecular formula is C17H25NO5. The maximum Gasteiger partial charge on any atom is 0.290 e. The predicted octanol–water partition coefficient (Wildman–Crippen LogP) is 0.689. The molecule has 2 unspecified atom stereocenters. The van der Waals surface area contributed by atoms with E-state index in [0.29, 0.717) is 11.8 Å². The summed E-state index contributed by atoms with van der Waals surface area (Å²) in [6, 6.07) is 9.89. The molecule has 1 heterocycles. The van der Waals surface area contributed by atoms with Gasteiger partial charge in [-0.25, -0.2) is 0 Å². The number of fused-ring (bicyclic) bond motifs is 1. The molecule has 128 valence electrons. The number of nitrogens with zero attached hydrogens (tertiary/aromatic N) is 1. The van der Waals surface area contributed by atoms with E-state index in [4.69, 9.17) is 14.6 Å². The molecule has 1 saturated carbocycles. The molecule has 3 N–H and O–H groups in total. The van der Waals surface area contributed by atoms with Gasteiger partial charge in [-0.05, 0) is 30.4 Å². The Balaban J connectivity index is 0.000000595. The second-order valence-corrected chi connectivity index (χ2v) is 6.14. The van der Waals surface area contributed by atoms with E-state index in [1.54, 1.807) is 0 Å². The molecule has 1 saturated heterocycles. The molecule has 3 rings (SSSR count). The van der Waals surface area contributed by atoms with Crippen LogP contribution < -0.4 is 4.74 Å². The molecule has 2 aliphatic rings. The number of carboxylic acid groups (broad SMARTS) is 1. The molecule has 23 heavy (non-hydrogen) atoms. The van der Waals surface area contributed by atoms with E-state index in [1.165, 1.54) is 0 Å². The van der Waals surface area contributed by atoms with E-state index in [9.17, 15) is 10.2 Å². The van der Waals surface area contributed by atoms with Crippen molar-refractivity contribution >= 4 is 6.47 Å². The number of ether oxygens (including phenoxy) is 1. The molecule has 2 atom stereocenters. The molecule has 1 aliphatic heterocycles. The Kier molecular flexibility index (Phi) is 6.38. The third kappa shape index (κ3) is 4.02. The quantitative estimate of drug-likeness (QED) is 0.505. The van der Waals surface area contributed by atoms with Crippen LogP contribution in [0.25, 0.3) is 0 Å². The van der Waals surface area contributed by atoms with E-state index in [2.05, 4.69) is 4.90 Å². The first-order valence-corrected chi connectivity index (χ1v) is 7.91. The smallest absolute Gasteiger partial charge is 0.290 e. The number of aliphatic hydroxyl groups is 2. The zero-order chi connectivity index (χ0) is 16.7. The van der Waals surface area contributed by atoms with Crippen LogP contribution in [0, 0.1) is 17.3 Å². The third-order valence-electron chi connectivity index (χ3n) is 4.98. The largest absolute Gasteiger partial charge is 0.494 e. The maximum absolute atomic E-state index is 9.39. The Morgan fingerprint density at radius 2 is 1.74 bits per heavy atom. The van der Waals surface area contributed by atoms with Crippen LogP contribution in [-0.2, 0) is 4.79 Å². The van der Waals surface area contributed by atoms with Crippen molar-refractivity contribution in [1.29, 1.82) is 0 Å². The van der Waals surface area contributed by atoms with E-state index < -0.39 is 0 Å². The van der Waals surface area contributed by atoms with Crippen LogP contribution in [0.15, 0.2) is 30.3 Å². The van der Waals surface area contributed by atoms with Crippen LogP contribution in [0.1, 0.15) is 6.42 Å². The average Bonchev–Trinajstić information content (AvgIpc) is 2.95. The van der Waals surface area contributed by atoms with Crippen molar-refractivity contribution in [1.82, 2.24) is 4.90 Å². The lowest BCUT2D eigenvalue weighted by molar-refractivity contribution is -0.122. The Bertz CT molecular complexity index is 463. The fraction of sp³-hybridized carbons (Fsp3) is 0.588. The normalized spacial score (nSPS) is 24.3. The molecule has 6 heteroatoms.